The van der Waals surface area contributed by atoms with E-state index in [1.165, 1.54) is 0 Å². The lowest BCUT2D eigenvalue weighted by molar-refractivity contribution is 0.0688. The van der Waals surface area contributed by atoms with Gasteiger partial charge in [-0.05, 0) is 95.8 Å². The van der Waals surface area contributed by atoms with E-state index in [0.717, 1.165) is 54.6 Å². The highest BCUT2D eigenvalue weighted by molar-refractivity contribution is 6.20. The average molecular weight is 515 g/mol. The minimum Gasteiger partial charge on any atom is -0.478 e. The van der Waals surface area contributed by atoms with Crippen molar-refractivity contribution < 1.29 is 24.5 Å². The highest BCUT2D eigenvalue weighted by Crippen LogP contribution is 2.43. The highest BCUT2D eigenvalue weighted by atomic mass is 16.5. The Kier molecular flexibility index (Phi) is 5.54. The maximum absolute atomic E-state index is 12.2. The Balaban J connectivity index is 1.74. The van der Waals surface area contributed by atoms with Crippen molar-refractivity contribution in [1.29, 1.82) is 0 Å². The van der Waals surface area contributed by atoms with Crippen molar-refractivity contribution in [3.05, 3.63) is 106 Å². The number of carboxylic acid groups (broad SMARTS) is 2. The summed E-state index contributed by atoms with van der Waals surface area (Å²) >= 11 is 0. The van der Waals surface area contributed by atoms with Gasteiger partial charge in [-0.15, -0.1) is 0 Å². The average Bonchev–Trinajstić information content (AvgIpc) is 2.91. The second-order valence-corrected chi connectivity index (χ2v) is 10.2. The number of benzene rings is 6. The van der Waals surface area contributed by atoms with Crippen LogP contribution in [0.1, 0.15) is 43.0 Å². The Morgan fingerprint density at radius 2 is 0.821 bits per heavy atom. The standard InChI is InChI=1S/C34H26O5/c1-17-5-7-19(3)29-21(17)9-11-23-25(33(35)36)13-15-27(31(23)29)39-28-16-14-26(34(37)38)24-12-10-22-18(2)6-8-20(4)30(22)32(24)28/h5-16H,1-4H3,(H,35,36)(H,37,38). The van der Waals surface area contributed by atoms with Gasteiger partial charge in [0.25, 0.3) is 0 Å². The van der Waals surface area contributed by atoms with Gasteiger partial charge in [0.2, 0.25) is 0 Å². The van der Waals surface area contributed by atoms with Gasteiger partial charge < -0.3 is 14.9 Å². The van der Waals surface area contributed by atoms with Crippen molar-refractivity contribution in [1.82, 2.24) is 0 Å². The number of hydrogen-bond acceptors (Lipinski definition) is 3. The molecule has 0 aromatic heterocycles. The third-order valence-corrected chi connectivity index (χ3v) is 7.77. The van der Waals surface area contributed by atoms with Crippen molar-refractivity contribution in [2.45, 2.75) is 27.7 Å². The Labute approximate surface area is 224 Å². The molecule has 0 aliphatic carbocycles. The number of aryl methyl sites for hydroxylation is 4. The summed E-state index contributed by atoms with van der Waals surface area (Å²) in [5.41, 5.74) is 4.58. The predicted molar refractivity (Wildman–Crippen MR) is 156 cm³/mol. The number of fused-ring (bicyclic) bond motifs is 6. The van der Waals surface area contributed by atoms with Gasteiger partial charge in [-0.3, -0.25) is 0 Å². The Bertz CT molecular complexity index is 1890. The van der Waals surface area contributed by atoms with Crippen LogP contribution >= 0.6 is 0 Å². The van der Waals surface area contributed by atoms with E-state index in [1.807, 2.05) is 64.1 Å². The first kappa shape index (κ1) is 24.4. The normalized spacial score (nSPS) is 11.5. The Hall–Kier alpha value is -4.90. The largest absolute Gasteiger partial charge is 0.478 e. The summed E-state index contributed by atoms with van der Waals surface area (Å²) in [7, 11) is 0. The van der Waals surface area contributed by atoms with Gasteiger partial charge in [0, 0.05) is 21.5 Å². The molecular formula is C34H26O5. The predicted octanol–water partition coefficient (Wildman–Crippen LogP) is 8.72. The third-order valence-electron chi connectivity index (χ3n) is 7.77. The minimum absolute atomic E-state index is 0.197. The van der Waals surface area contributed by atoms with E-state index >= 15 is 0 Å². The molecule has 0 saturated heterocycles. The number of hydrogen-bond donors (Lipinski definition) is 2. The van der Waals surface area contributed by atoms with Crippen LogP contribution in [-0.4, -0.2) is 22.2 Å². The molecule has 6 aromatic carbocycles. The molecule has 6 rings (SSSR count). The van der Waals surface area contributed by atoms with Crippen LogP contribution in [0.15, 0.2) is 72.8 Å². The number of aromatic carboxylic acids is 2. The van der Waals surface area contributed by atoms with E-state index in [1.54, 1.807) is 24.3 Å². The van der Waals surface area contributed by atoms with Gasteiger partial charge in [0.1, 0.15) is 11.5 Å². The van der Waals surface area contributed by atoms with Gasteiger partial charge in [0.05, 0.1) is 11.1 Å². The minimum atomic E-state index is -1.01. The fraction of sp³-hybridized carbons (Fsp3) is 0.118. The van der Waals surface area contributed by atoms with Gasteiger partial charge in [0.15, 0.2) is 0 Å². The smallest absolute Gasteiger partial charge is 0.336 e. The zero-order valence-electron chi connectivity index (χ0n) is 22.0. The molecule has 0 bridgehead atoms. The van der Waals surface area contributed by atoms with E-state index in [4.69, 9.17) is 4.74 Å². The van der Waals surface area contributed by atoms with E-state index in [-0.39, 0.29) is 11.1 Å². The molecule has 0 spiro atoms. The van der Waals surface area contributed by atoms with E-state index in [9.17, 15) is 19.8 Å². The van der Waals surface area contributed by atoms with Crippen LogP contribution in [-0.2, 0) is 0 Å². The Morgan fingerprint density at radius 3 is 1.21 bits per heavy atom. The van der Waals surface area contributed by atoms with Gasteiger partial charge in [-0.25, -0.2) is 9.59 Å². The first-order valence-corrected chi connectivity index (χ1v) is 12.7. The maximum Gasteiger partial charge on any atom is 0.336 e. The molecule has 0 radical (unpaired) electrons. The molecule has 0 saturated carbocycles. The van der Waals surface area contributed by atoms with Crippen LogP contribution in [0.3, 0.4) is 0 Å². The number of ether oxygens (including phenoxy) is 1. The second-order valence-electron chi connectivity index (χ2n) is 10.2. The van der Waals surface area contributed by atoms with Gasteiger partial charge >= 0.3 is 11.9 Å². The van der Waals surface area contributed by atoms with Crippen LogP contribution in [0, 0.1) is 27.7 Å². The van der Waals surface area contributed by atoms with Crippen molar-refractivity contribution in [2.75, 3.05) is 0 Å². The summed E-state index contributed by atoms with van der Waals surface area (Å²) in [4.78, 5) is 24.3. The number of carbonyl (C=O) groups is 2. The molecule has 0 aliphatic heterocycles. The summed E-state index contributed by atoms with van der Waals surface area (Å²) in [6.45, 7) is 8.08. The monoisotopic (exact) mass is 514 g/mol. The fourth-order valence-electron chi connectivity index (χ4n) is 5.81. The molecule has 39 heavy (non-hydrogen) atoms. The second kappa shape index (κ2) is 8.84. The molecule has 6 aromatic rings. The number of carboxylic acids is 2. The van der Waals surface area contributed by atoms with Gasteiger partial charge in [-0.1, -0.05) is 48.5 Å². The summed E-state index contributed by atoms with van der Waals surface area (Å²) in [6.07, 6.45) is 0. The first-order valence-electron chi connectivity index (χ1n) is 12.7. The molecule has 2 N–H and O–H groups in total. The molecule has 0 amide bonds. The zero-order valence-corrected chi connectivity index (χ0v) is 22.0. The van der Waals surface area contributed by atoms with E-state index < -0.39 is 11.9 Å². The quantitative estimate of drug-likeness (QED) is 0.230. The first-order chi connectivity index (χ1) is 18.7. The zero-order chi connectivity index (χ0) is 27.6. The van der Waals surface area contributed by atoms with E-state index in [2.05, 4.69) is 12.1 Å². The van der Waals surface area contributed by atoms with Crippen molar-refractivity contribution in [3.8, 4) is 11.5 Å². The topological polar surface area (TPSA) is 83.8 Å². The summed E-state index contributed by atoms with van der Waals surface area (Å²) < 4.78 is 6.69. The van der Waals surface area contributed by atoms with Crippen LogP contribution in [0.4, 0.5) is 0 Å². The molecule has 0 atom stereocenters. The van der Waals surface area contributed by atoms with Crippen LogP contribution in [0.2, 0.25) is 0 Å². The molecule has 192 valence electrons. The third kappa shape index (κ3) is 3.69. The molecule has 0 fully saturated rings. The molecule has 0 heterocycles. The maximum atomic E-state index is 12.2. The van der Waals surface area contributed by atoms with Crippen LogP contribution < -0.4 is 4.74 Å². The molecular weight excluding hydrogens is 488 g/mol. The van der Waals surface area contributed by atoms with Crippen LogP contribution in [0.25, 0.3) is 43.1 Å². The number of rotatable bonds is 4. The van der Waals surface area contributed by atoms with Gasteiger partial charge in [-0.2, -0.15) is 0 Å². The summed E-state index contributed by atoms with van der Waals surface area (Å²) in [6, 6.07) is 22.3. The lowest BCUT2D eigenvalue weighted by Crippen LogP contribution is -2.01. The lowest BCUT2D eigenvalue weighted by atomic mass is 9.92. The molecule has 5 heteroatoms. The van der Waals surface area contributed by atoms with Crippen LogP contribution in [0.5, 0.6) is 11.5 Å². The molecule has 0 aliphatic rings. The Morgan fingerprint density at radius 1 is 0.462 bits per heavy atom. The van der Waals surface area contributed by atoms with Crippen molar-refractivity contribution in [2.24, 2.45) is 0 Å². The fourth-order valence-corrected chi connectivity index (χ4v) is 5.81. The summed E-state index contributed by atoms with van der Waals surface area (Å²) in [5, 5.41) is 26.5. The SMILES string of the molecule is Cc1ccc(C)c2c1ccc1c(C(=O)O)ccc(Oc3ccc(C(=O)O)c4ccc5c(C)ccc(C)c5c34)c12. The molecule has 5 nitrogen and oxygen atoms in total. The van der Waals surface area contributed by atoms with Crippen molar-refractivity contribution in [3.63, 3.8) is 0 Å². The lowest BCUT2D eigenvalue weighted by Gasteiger charge is -2.18. The highest BCUT2D eigenvalue weighted by Gasteiger charge is 2.20. The summed E-state index contributed by atoms with van der Waals surface area (Å²) in [5.74, 6) is -0.990. The van der Waals surface area contributed by atoms with E-state index in [0.29, 0.717) is 22.3 Å². The molecule has 0 unspecified atom stereocenters. The van der Waals surface area contributed by atoms with Crippen molar-refractivity contribution >= 4 is 55.0 Å².